The number of halogens is 1. The molecule has 0 amide bonds. The van der Waals surface area contributed by atoms with Crippen LogP contribution in [0.15, 0.2) is 41.3 Å². The van der Waals surface area contributed by atoms with Crippen molar-refractivity contribution in [3.63, 3.8) is 0 Å². The first-order valence-electron chi connectivity index (χ1n) is 5.67. The van der Waals surface area contributed by atoms with E-state index in [4.69, 9.17) is 17.3 Å². The molecule has 0 bridgehead atoms. The van der Waals surface area contributed by atoms with Crippen molar-refractivity contribution in [3.05, 3.63) is 47.0 Å². The monoisotopic (exact) mass is 312 g/mol. The molecule has 5 nitrogen and oxygen atoms in total. The predicted molar refractivity (Wildman–Crippen MR) is 79.5 cm³/mol. The molecule has 2 aromatic carbocycles. The Hall–Kier alpha value is -1.92. The van der Waals surface area contributed by atoms with Gasteiger partial charge in [0.15, 0.2) is 0 Å². The first kappa shape index (κ1) is 14.5. The van der Waals surface area contributed by atoms with Crippen LogP contribution in [0.2, 0.25) is 5.02 Å². The highest BCUT2D eigenvalue weighted by molar-refractivity contribution is 7.92. The number of nitrogens with one attached hydrogen (secondary N) is 1. The minimum atomic E-state index is -3.79. The Morgan fingerprint density at radius 2 is 1.95 bits per heavy atom. The van der Waals surface area contributed by atoms with Gasteiger partial charge >= 0.3 is 0 Å². The molecule has 2 rings (SSSR count). The molecule has 0 aliphatic heterocycles. The molecule has 0 saturated carbocycles. The number of hydrogen-bond donors (Lipinski definition) is 3. The minimum Gasteiger partial charge on any atom is -0.508 e. The summed E-state index contributed by atoms with van der Waals surface area (Å²) in [6, 6.07) is 8.55. The fraction of sp³-hybridized carbons (Fsp3) is 0.0769. The van der Waals surface area contributed by atoms with Gasteiger partial charge in [0.25, 0.3) is 10.0 Å². The van der Waals surface area contributed by atoms with E-state index < -0.39 is 10.0 Å². The van der Waals surface area contributed by atoms with Crippen LogP contribution in [-0.2, 0) is 10.0 Å². The molecule has 0 spiro atoms. The van der Waals surface area contributed by atoms with Crippen LogP contribution in [0.4, 0.5) is 11.4 Å². The van der Waals surface area contributed by atoms with Crippen LogP contribution >= 0.6 is 11.6 Å². The van der Waals surface area contributed by atoms with E-state index in [1.54, 1.807) is 6.92 Å². The summed E-state index contributed by atoms with van der Waals surface area (Å²) < 4.78 is 26.8. The van der Waals surface area contributed by atoms with Gasteiger partial charge in [0.1, 0.15) is 5.75 Å². The topological polar surface area (TPSA) is 92.4 Å². The normalized spacial score (nSPS) is 11.3. The molecule has 4 N–H and O–H groups in total. The molecule has 0 aliphatic rings. The van der Waals surface area contributed by atoms with Crippen molar-refractivity contribution in [1.29, 1.82) is 0 Å². The van der Waals surface area contributed by atoms with Gasteiger partial charge in [-0.2, -0.15) is 0 Å². The Morgan fingerprint density at radius 3 is 2.55 bits per heavy atom. The zero-order chi connectivity index (χ0) is 14.9. The van der Waals surface area contributed by atoms with Gasteiger partial charge in [-0.25, -0.2) is 8.42 Å². The van der Waals surface area contributed by atoms with E-state index in [2.05, 4.69) is 4.72 Å². The van der Waals surface area contributed by atoms with Crippen molar-refractivity contribution >= 4 is 33.0 Å². The van der Waals surface area contributed by atoms with Gasteiger partial charge in [-0.1, -0.05) is 17.7 Å². The Balaban J connectivity index is 2.41. The van der Waals surface area contributed by atoms with Crippen molar-refractivity contribution in [2.75, 3.05) is 10.5 Å². The van der Waals surface area contributed by atoms with Crippen molar-refractivity contribution < 1.29 is 13.5 Å². The van der Waals surface area contributed by atoms with E-state index in [0.717, 1.165) is 0 Å². The van der Waals surface area contributed by atoms with Gasteiger partial charge in [-0.05, 0) is 36.8 Å². The summed E-state index contributed by atoms with van der Waals surface area (Å²) in [5.74, 6) is -0.0306. The van der Waals surface area contributed by atoms with E-state index in [-0.39, 0.29) is 22.0 Å². The molecule has 0 unspecified atom stereocenters. The van der Waals surface area contributed by atoms with Gasteiger partial charge in [0, 0.05) is 6.07 Å². The molecule has 7 heteroatoms. The molecule has 2 aromatic rings. The quantitative estimate of drug-likeness (QED) is 0.760. The average Bonchev–Trinajstić information content (AvgIpc) is 2.34. The van der Waals surface area contributed by atoms with E-state index >= 15 is 0 Å². The average molecular weight is 313 g/mol. The van der Waals surface area contributed by atoms with Gasteiger partial charge < -0.3 is 10.8 Å². The molecule has 106 valence electrons. The third-order valence-corrected chi connectivity index (χ3v) is 4.54. The fourth-order valence-corrected chi connectivity index (χ4v) is 2.98. The van der Waals surface area contributed by atoms with Gasteiger partial charge in [-0.3, -0.25) is 4.72 Å². The summed E-state index contributed by atoms with van der Waals surface area (Å²) in [7, 11) is -3.79. The standard InChI is InChI=1S/C13H13ClN2O3S/c1-8-5-11(7-12(15)13(8)14)20(18,19)16-9-3-2-4-10(17)6-9/h2-7,16-17H,15H2,1H3. The number of hydrogen-bond acceptors (Lipinski definition) is 4. The SMILES string of the molecule is Cc1cc(S(=O)(=O)Nc2cccc(O)c2)cc(N)c1Cl. The molecule has 0 aliphatic carbocycles. The number of phenolic OH excluding ortho intramolecular Hbond substituents is 1. The smallest absolute Gasteiger partial charge is 0.261 e. The Kier molecular flexibility index (Phi) is 3.78. The maximum absolute atomic E-state index is 12.2. The molecular weight excluding hydrogens is 300 g/mol. The van der Waals surface area contributed by atoms with Crippen molar-refractivity contribution in [3.8, 4) is 5.75 Å². The van der Waals surface area contributed by atoms with Crippen LogP contribution < -0.4 is 10.5 Å². The second kappa shape index (κ2) is 5.22. The molecule has 0 radical (unpaired) electrons. The number of benzene rings is 2. The lowest BCUT2D eigenvalue weighted by Crippen LogP contribution is -2.13. The fourth-order valence-electron chi connectivity index (χ4n) is 1.70. The summed E-state index contributed by atoms with van der Waals surface area (Å²) in [5.41, 5.74) is 6.70. The second-order valence-corrected chi connectivity index (χ2v) is 6.36. The number of phenols is 1. The van der Waals surface area contributed by atoms with Crippen LogP contribution in [0, 0.1) is 6.92 Å². The largest absolute Gasteiger partial charge is 0.508 e. The number of rotatable bonds is 3. The summed E-state index contributed by atoms with van der Waals surface area (Å²) in [6.45, 7) is 1.67. The maximum atomic E-state index is 12.2. The lowest BCUT2D eigenvalue weighted by atomic mass is 10.2. The lowest BCUT2D eigenvalue weighted by Gasteiger charge is -2.11. The van der Waals surface area contributed by atoms with Crippen LogP contribution in [-0.4, -0.2) is 13.5 Å². The summed E-state index contributed by atoms with van der Waals surface area (Å²) in [5, 5.41) is 9.67. The predicted octanol–water partition coefficient (Wildman–Crippen LogP) is 2.74. The molecule has 20 heavy (non-hydrogen) atoms. The Morgan fingerprint density at radius 1 is 1.25 bits per heavy atom. The third-order valence-electron chi connectivity index (χ3n) is 2.66. The lowest BCUT2D eigenvalue weighted by molar-refractivity contribution is 0.475. The van der Waals surface area contributed by atoms with Crippen molar-refractivity contribution in [2.45, 2.75) is 11.8 Å². The highest BCUT2D eigenvalue weighted by atomic mass is 35.5. The first-order chi connectivity index (χ1) is 9.29. The highest BCUT2D eigenvalue weighted by Crippen LogP contribution is 2.28. The second-order valence-electron chi connectivity index (χ2n) is 4.30. The number of nitrogens with two attached hydrogens (primary N) is 1. The first-order valence-corrected chi connectivity index (χ1v) is 7.53. The minimum absolute atomic E-state index is 0.0141. The van der Waals surface area contributed by atoms with Crippen LogP contribution in [0.1, 0.15) is 5.56 Å². The van der Waals surface area contributed by atoms with Crippen LogP contribution in [0.25, 0.3) is 0 Å². The Bertz CT molecular complexity index is 737. The van der Waals surface area contributed by atoms with Crippen molar-refractivity contribution in [1.82, 2.24) is 0 Å². The van der Waals surface area contributed by atoms with Crippen LogP contribution in [0.3, 0.4) is 0 Å². The Labute approximate surface area is 122 Å². The highest BCUT2D eigenvalue weighted by Gasteiger charge is 2.17. The van der Waals surface area contributed by atoms with Crippen LogP contribution in [0.5, 0.6) is 5.75 Å². The molecule has 0 saturated heterocycles. The molecular formula is C13H13ClN2O3S. The number of nitrogen functional groups attached to an aromatic ring is 1. The van der Waals surface area contributed by atoms with E-state index in [9.17, 15) is 13.5 Å². The van der Waals surface area contributed by atoms with Gasteiger partial charge in [-0.15, -0.1) is 0 Å². The van der Waals surface area contributed by atoms with E-state index in [1.165, 1.54) is 36.4 Å². The molecule has 0 heterocycles. The number of aryl methyl sites for hydroxylation is 1. The molecule has 0 atom stereocenters. The maximum Gasteiger partial charge on any atom is 0.261 e. The number of anilines is 2. The molecule has 0 aromatic heterocycles. The summed E-state index contributed by atoms with van der Waals surface area (Å²) >= 11 is 5.91. The summed E-state index contributed by atoms with van der Waals surface area (Å²) in [6.07, 6.45) is 0. The number of sulfonamides is 1. The number of aromatic hydroxyl groups is 1. The van der Waals surface area contributed by atoms with Crippen molar-refractivity contribution in [2.24, 2.45) is 0 Å². The zero-order valence-electron chi connectivity index (χ0n) is 10.6. The summed E-state index contributed by atoms with van der Waals surface area (Å²) in [4.78, 5) is 0.0141. The molecule has 0 fully saturated rings. The van der Waals surface area contributed by atoms with E-state index in [1.807, 2.05) is 0 Å². The zero-order valence-corrected chi connectivity index (χ0v) is 12.2. The van der Waals surface area contributed by atoms with Gasteiger partial charge in [0.2, 0.25) is 0 Å². The van der Waals surface area contributed by atoms with Gasteiger partial charge in [0.05, 0.1) is 21.3 Å². The van der Waals surface area contributed by atoms with E-state index in [0.29, 0.717) is 10.6 Å². The third kappa shape index (κ3) is 2.97.